The lowest BCUT2D eigenvalue weighted by molar-refractivity contribution is 0.0666. The van der Waals surface area contributed by atoms with Gasteiger partial charge >= 0.3 is 6.55 Å². The van der Waals surface area contributed by atoms with Gasteiger partial charge in [0.05, 0.1) is 6.54 Å². The Labute approximate surface area is 124 Å². The molecule has 0 bridgehead atoms. The van der Waals surface area contributed by atoms with Gasteiger partial charge in [-0.1, -0.05) is 13.8 Å². The van der Waals surface area contributed by atoms with Crippen LogP contribution < -0.4 is 0 Å². The molecule has 21 heavy (non-hydrogen) atoms. The van der Waals surface area contributed by atoms with Gasteiger partial charge in [0.1, 0.15) is 11.6 Å². The third kappa shape index (κ3) is 3.41. The molecule has 6 nitrogen and oxygen atoms in total. The molecule has 0 spiro atoms. The van der Waals surface area contributed by atoms with E-state index in [1.165, 1.54) is 17.0 Å². The first-order valence-electron chi connectivity index (χ1n) is 6.01. The fourth-order valence-corrected chi connectivity index (χ4v) is 2.59. The van der Waals surface area contributed by atoms with Gasteiger partial charge in [0, 0.05) is 35.2 Å². The smallest absolute Gasteiger partial charge is 0.319 e. The molecule has 116 valence electrons. The highest BCUT2D eigenvalue weighted by Gasteiger charge is 2.21. The monoisotopic (exact) mass is 338 g/mol. The molecule has 0 saturated heterocycles. The molecule has 0 aliphatic carbocycles. The van der Waals surface area contributed by atoms with E-state index < -0.39 is 15.6 Å². The molecule has 0 aliphatic heterocycles. The summed E-state index contributed by atoms with van der Waals surface area (Å²) in [7, 11) is 1.29. The quantitative estimate of drug-likeness (QED) is 0.786. The Morgan fingerprint density at radius 2 is 2.05 bits per heavy atom. The number of rotatable bonds is 5. The van der Waals surface area contributed by atoms with Crippen molar-refractivity contribution in [2.75, 3.05) is 0 Å². The van der Waals surface area contributed by atoms with Gasteiger partial charge in [-0.2, -0.15) is 8.78 Å². The molecule has 0 aliphatic rings. The van der Waals surface area contributed by atoms with E-state index in [2.05, 4.69) is 9.97 Å². The molecular formula is C11H13ClF2N4O2S. The van der Waals surface area contributed by atoms with Gasteiger partial charge in [-0.25, -0.2) is 18.4 Å². The van der Waals surface area contributed by atoms with Crippen molar-refractivity contribution in [2.45, 2.75) is 37.9 Å². The molecule has 0 saturated carbocycles. The fourth-order valence-electron chi connectivity index (χ4n) is 1.91. The minimum Gasteiger partial charge on any atom is -0.326 e. The highest BCUT2D eigenvalue weighted by atomic mass is 35.7. The number of imidazole rings is 2. The predicted octanol–water partition coefficient (Wildman–Crippen LogP) is 2.57. The van der Waals surface area contributed by atoms with E-state index in [1.807, 2.05) is 13.8 Å². The molecule has 2 aromatic heterocycles. The zero-order valence-corrected chi connectivity index (χ0v) is 12.8. The molecule has 2 rings (SSSR count). The second-order valence-corrected chi connectivity index (χ2v) is 7.20. The van der Waals surface area contributed by atoms with E-state index >= 15 is 0 Å². The molecule has 0 unspecified atom stereocenters. The third-order valence-electron chi connectivity index (χ3n) is 2.82. The molecule has 2 aromatic rings. The summed E-state index contributed by atoms with van der Waals surface area (Å²) >= 11 is 0. The van der Waals surface area contributed by atoms with Crippen molar-refractivity contribution in [1.82, 2.24) is 19.1 Å². The second kappa shape index (κ2) is 5.72. The normalized spacial score (nSPS) is 12.5. The van der Waals surface area contributed by atoms with Crippen LogP contribution in [0.1, 0.15) is 38.0 Å². The molecule has 0 fully saturated rings. The van der Waals surface area contributed by atoms with E-state index in [9.17, 15) is 17.2 Å². The van der Waals surface area contributed by atoms with Crippen molar-refractivity contribution >= 4 is 19.7 Å². The van der Waals surface area contributed by atoms with Gasteiger partial charge in [0.25, 0.3) is 9.05 Å². The van der Waals surface area contributed by atoms with Crippen molar-refractivity contribution in [2.24, 2.45) is 0 Å². The van der Waals surface area contributed by atoms with Crippen LogP contribution in [0.3, 0.4) is 0 Å². The van der Waals surface area contributed by atoms with Gasteiger partial charge < -0.3 is 4.57 Å². The summed E-state index contributed by atoms with van der Waals surface area (Å²) in [6, 6.07) is 0. The summed E-state index contributed by atoms with van der Waals surface area (Å²) in [6.45, 7) is 0.876. The highest BCUT2D eigenvalue weighted by Crippen LogP contribution is 2.21. The van der Waals surface area contributed by atoms with E-state index in [4.69, 9.17) is 10.7 Å². The summed E-state index contributed by atoms with van der Waals surface area (Å²) in [5.74, 6) is 0.424. The van der Waals surface area contributed by atoms with Gasteiger partial charge in [-0.05, 0) is 0 Å². The average Bonchev–Trinajstić information content (AvgIpc) is 2.94. The van der Waals surface area contributed by atoms with Crippen molar-refractivity contribution in [3.8, 4) is 0 Å². The lowest BCUT2D eigenvalue weighted by atomic mass is 10.2. The van der Waals surface area contributed by atoms with E-state index in [-0.39, 0.29) is 23.3 Å². The maximum atomic E-state index is 12.8. The minimum atomic E-state index is -3.98. The van der Waals surface area contributed by atoms with Crippen LogP contribution in [0.2, 0.25) is 0 Å². The molecule has 0 N–H and O–H groups in total. The van der Waals surface area contributed by atoms with Crippen LogP contribution in [0, 0.1) is 0 Å². The molecular weight excluding hydrogens is 326 g/mol. The first-order valence-corrected chi connectivity index (χ1v) is 8.32. The minimum absolute atomic E-state index is 0.0235. The van der Waals surface area contributed by atoms with Crippen LogP contribution in [0.4, 0.5) is 8.78 Å². The molecule has 0 atom stereocenters. The van der Waals surface area contributed by atoms with Crippen LogP contribution >= 0.6 is 10.7 Å². The predicted molar refractivity (Wildman–Crippen MR) is 71.9 cm³/mol. The van der Waals surface area contributed by atoms with Crippen LogP contribution in [-0.4, -0.2) is 27.5 Å². The summed E-state index contributed by atoms with van der Waals surface area (Å²) in [5.41, 5.74) is 0. The van der Waals surface area contributed by atoms with Gasteiger partial charge in [0.15, 0.2) is 5.03 Å². The molecule has 0 radical (unpaired) electrons. The Balaban J connectivity index is 2.44. The Bertz CT molecular complexity index is 739. The topological polar surface area (TPSA) is 69.8 Å². The van der Waals surface area contributed by atoms with Crippen LogP contribution in [0.25, 0.3) is 0 Å². The lowest BCUT2D eigenvalue weighted by Crippen LogP contribution is -2.11. The van der Waals surface area contributed by atoms with Crippen molar-refractivity contribution in [3.63, 3.8) is 0 Å². The zero-order chi connectivity index (χ0) is 15.8. The SMILES string of the molecule is CC(C)c1nc(S(=O)(=O)Cl)cn1Cc1nccn1C(F)F. The zero-order valence-electron chi connectivity index (χ0n) is 11.2. The number of aromatic nitrogens is 4. The second-order valence-electron chi connectivity index (χ2n) is 4.69. The first-order chi connectivity index (χ1) is 9.70. The number of hydrogen-bond donors (Lipinski definition) is 0. The Morgan fingerprint density at radius 3 is 2.57 bits per heavy atom. The fraction of sp³-hybridized carbons (Fsp3) is 0.455. The summed E-state index contributed by atoms with van der Waals surface area (Å²) in [5, 5.41) is -0.303. The van der Waals surface area contributed by atoms with Gasteiger partial charge in [0.2, 0.25) is 0 Å². The lowest BCUT2D eigenvalue weighted by Gasteiger charge is -2.11. The standard InChI is InChI=1S/C11H13ClF2N4O2S/c1-7(2)10-16-9(21(12,19)20)6-17(10)5-8-15-3-4-18(8)11(13)14/h3-4,6-7,11H,5H2,1-2H3. The highest BCUT2D eigenvalue weighted by molar-refractivity contribution is 8.13. The summed E-state index contributed by atoms with van der Waals surface area (Å²) in [4.78, 5) is 7.81. The van der Waals surface area contributed by atoms with Gasteiger partial charge in [-0.3, -0.25) is 4.57 Å². The largest absolute Gasteiger partial charge is 0.326 e. The Morgan fingerprint density at radius 1 is 1.38 bits per heavy atom. The first kappa shape index (κ1) is 15.9. The van der Waals surface area contributed by atoms with E-state index in [0.717, 1.165) is 6.20 Å². The molecule has 0 aromatic carbocycles. The number of alkyl halides is 2. The van der Waals surface area contributed by atoms with Crippen LogP contribution in [0.15, 0.2) is 23.6 Å². The summed E-state index contributed by atoms with van der Waals surface area (Å²) < 4.78 is 50.5. The molecule has 10 heteroatoms. The van der Waals surface area contributed by atoms with Gasteiger partial charge in [-0.15, -0.1) is 0 Å². The van der Waals surface area contributed by atoms with Crippen molar-refractivity contribution < 1.29 is 17.2 Å². The summed E-state index contributed by atoms with van der Waals surface area (Å²) in [6.07, 6.45) is 3.64. The van der Waals surface area contributed by atoms with Crippen LogP contribution in [0.5, 0.6) is 0 Å². The maximum absolute atomic E-state index is 12.8. The number of nitrogens with zero attached hydrogens (tertiary/aromatic N) is 4. The molecule has 0 amide bonds. The Kier molecular flexibility index (Phi) is 4.33. The molecule has 2 heterocycles. The maximum Gasteiger partial charge on any atom is 0.319 e. The van der Waals surface area contributed by atoms with E-state index in [0.29, 0.717) is 10.4 Å². The van der Waals surface area contributed by atoms with E-state index in [1.54, 1.807) is 0 Å². The van der Waals surface area contributed by atoms with Crippen LogP contribution in [-0.2, 0) is 15.6 Å². The number of halogens is 3. The number of hydrogen-bond acceptors (Lipinski definition) is 4. The average molecular weight is 339 g/mol. The van der Waals surface area contributed by atoms with Crippen molar-refractivity contribution in [3.05, 3.63) is 30.2 Å². The van der Waals surface area contributed by atoms with Crippen molar-refractivity contribution in [1.29, 1.82) is 0 Å². The third-order valence-corrected chi connectivity index (χ3v) is 3.99. The Hall–Kier alpha value is -1.48.